The van der Waals surface area contributed by atoms with Gasteiger partial charge in [-0.3, -0.25) is 0 Å². The van der Waals surface area contributed by atoms with Gasteiger partial charge in [0.1, 0.15) is 0 Å². The number of ether oxygens (including phenoxy) is 1. The minimum atomic E-state index is -1.04. The van der Waals surface area contributed by atoms with Crippen LogP contribution in [0.15, 0.2) is 16.7 Å². The summed E-state index contributed by atoms with van der Waals surface area (Å²) in [6, 6.07) is 1.65. The van der Waals surface area contributed by atoms with Gasteiger partial charge >= 0.3 is 5.97 Å². The van der Waals surface area contributed by atoms with Crippen molar-refractivity contribution in [2.75, 3.05) is 13.7 Å². The van der Waals surface area contributed by atoms with E-state index in [-0.39, 0.29) is 11.9 Å². The molecule has 0 saturated heterocycles. The third kappa shape index (κ3) is 3.38. The molecule has 0 aromatic carbocycles. The predicted molar refractivity (Wildman–Crippen MR) is 53.8 cm³/mol. The second-order valence-electron chi connectivity index (χ2n) is 3.26. The zero-order valence-corrected chi connectivity index (χ0v) is 8.82. The quantitative estimate of drug-likeness (QED) is 0.740. The van der Waals surface area contributed by atoms with Crippen LogP contribution in [0, 0.1) is 0 Å². The van der Waals surface area contributed by atoms with Crippen molar-refractivity contribution in [3.63, 3.8) is 0 Å². The molecule has 1 aromatic heterocycles. The van der Waals surface area contributed by atoms with Gasteiger partial charge in [-0.15, -0.1) is 0 Å². The average Bonchev–Trinajstić information content (AvgIpc) is 2.65. The van der Waals surface area contributed by atoms with Crippen molar-refractivity contribution in [3.05, 3.63) is 23.7 Å². The minimum Gasteiger partial charge on any atom is -0.475 e. The van der Waals surface area contributed by atoms with Crippen molar-refractivity contribution in [3.8, 4) is 0 Å². The highest BCUT2D eigenvalue weighted by Gasteiger charge is 2.13. The Hall–Kier alpha value is -1.33. The summed E-state index contributed by atoms with van der Waals surface area (Å²) in [5.41, 5.74) is 0.644. The summed E-state index contributed by atoms with van der Waals surface area (Å²) < 4.78 is 9.88. The van der Waals surface area contributed by atoms with Gasteiger partial charge in [-0.25, -0.2) is 4.79 Å². The summed E-state index contributed by atoms with van der Waals surface area (Å²) in [4.78, 5) is 10.7. The maximum atomic E-state index is 10.7. The molecule has 0 bridgehead atoms. The van der Waals surface area contributed by atoms with Gasteiger partial charge in [-0.1, -0.05) is 0 Å². The van der Waals surface area contributed by atoms with Crippen molar-refractivity contribution in [1.82, 2.24) is 5.32 Å². The number of hydrogen-bond acceptors (Lipinski definition) is 4. The molecule has 15 heavy (non-hydrogen) atoms. The molecule has 1 unspecified atom stereocenters. The van der Waals surface area contributed by atoms with Crippen LogP contribution in [0.25, 0.3) is 0 Å². The lowest BCUT2D eigenvalue weighted by Gasteiger charge is -2.09. The number of rotatable bonds is 6. The molecular weight excluding hydrogens is 198 g/mol. The summed E-state index contributed by atoms with van der Waals surface area (Å²) in [6.07, 6.45) is 1.48. The summed E-state index contributed by atoms with van der Waals surface area (Å²) in [6.45, 7) is 3.06. The molecule has 0 spiro atoms. The van der Waals surface area contributed by atoms with Crippen LogP contribution in [0.3, 0.4) is 0 Å². The van der Waals surface area contributed by atoms with Crippen molar-refractivity contribution >= 4 is 5.97 Å². The Morgan fingerprint density at radius 3 is 3.07 bits per heavy atom. The van der Waals surface area contributed by atoms with Crippen LogP contribution >= 0.6 is 0 Å². The van der Waals surface area contributed by atoms with Crippen molar-refractivity contribution < 1.29 is 19.1 Å². The van der Waals surface area contributed by atoms with Gasteiger partial charge in [-0.2, -0.15) is 0 Å². The molecule has 0 saturated carbocycles. The molecule has 5 heteroatoms. The third-order valence-corrected chi connectivity index (χ3v) is 2.09. The number of methoxy groups -OCH3 is 1. The second-order valence-corrected chi connectivity index (χ2v) is 3.26. The Balaban J connectivity index is 2.44. The lowest BCUT2D eigenvalue weighted by molar-refractivity contribution is 0.0660. The number of hydrogen-bond donors (Lipinski definition) is 2. The summed E-state index contributed by atoms with van der Waals surface area (Å²) in [5.74, 6) is -1.05. The first-order valence-corrected chi connectivity index (χ1v) is 4.68. The van der Waals surface area contributed by atoms with E-state index in [9.17, 15) is 4.79 Å². The Labute approximate surface area is 88.0 Å². The lowest BCUT2D eigenvalue weighted by Crippen LogP contribution is -2.25. The zero-order valence-electron chi connectivity index (χ0n) is 8.82. The maximum absolute atomic E-state index is 10.7. The van der Waals surface area contributed by atoms with E-state index in [4.69, 9.17) is 14.3 Å². The number of carboxylic acids is 1. The summed E-state index contributed by atoms with van der Waals surface area (Å²) in [7, 11) is 1.63. The van der Waals surface area contributed by atoms with Gasteiger partial charge in [0.2, 0.25) is 5.76 Å². The molecule has 5 nitrogen and oxygen atoms in total. The Kier molecular flexibility index (Phi) is 4.33. The van der Waals surface area contributed by atoms with Crippen LogP contribution in [0.2, 0.25) is 0 Å². The van der Waals surface area contributed by atoms with Crippen LogP contribution in [-0.4, -0.2) is 30.8 Å². The molecule has 1 aromatic rings. The largest absolute Gasteiger partial charge is 0.475 e. The number of nitrogens with one attached hydrogen (secondary N) is 1. The molecule has 0 radical (unpaired) electrons. The molecule has 1 rings (SSSR count). The monoisotopic (exact) mass is 213 g/mol. The van der Waals surface area contributed by atoms with Crippen LogP contribution in [0.4, 0.5) is 0 Å². The number of furan rings is 1. The van der Waals surface area contributed by atoms with Crippen LogP contribution < -0.4 is 5.32 Å². The first kappa shape index (κ1) is 11.7. The van der Waals surface area contributed by atoms with Crippen molar-refractivity contribution in [2.24, 2.45) is 0 Å². The molecule has 1 heterocycles. The number of aromatic carboxylic acids is 1. The molecule has 0 aliphatic rings. The van der Waals surface area contributed by atoms with Gasteiger partial charge < -0.3 is 19.6 Å². The van der Waals surface area contributed by atoms with Gasteiger partial charge in [0.05, 0.1) is 12.4 Å². The van der Waals surface area contributed by atoms with E-state index in [1.54, 1.807) is 13.2 Å². The van der Waals surface area contributed by atoms with Crippen molar-refractivity contribution in [2.45, 2.75) is 19.6 Å². The summed E-state index contributed by atoms with van der Waals surface area (Å²) >= 11 is 0. The fourth-order valence-corrected chi connectivity index (χ4v) is 1.16. The maximum Gasteiger partial charge on any atom is 0.372 e. The van der Waals surface area contributed by atoms with Gasteiger partial charge in [-0.05, 0) is 13.0 Å². The molecule has 0 aliphatic heterocycles. The molecule has 2 N–H and O–H groups in total. The van der Waals surface area contributed by atoms with Crippen LogP contribution in [0.1, 0.15) is 23.0 Å². The molecule has 1 atom stereocenters. The lowest BCUT2D eigenvalue weighted by atomic mass is 10.2. The molecule has 0 amide bonds. The Bertz CT molecular complexity index is 321. The van der Waals surface area contributed by atoms with Crippen LogP contribution in [-0.2, 0) is 11.3 Å². The predicted octanol–water partition coefficient (Wildman–Crippen LogP) is 1.10. The molecule has 0 aliphatic carbocycles. The number of carbonyl (C=O) groups is 1. The molecule has 0 fully saturated rings. The molecular formula is C10H15NO4. The van der Waals surface area contributed by atoms with Crippen LogP contribution in [0.5, 0.6) is 0 Å². The van der Waals surface area contributed by atoms with Gasteiger partial charge in [0.25, 0.3) is 0 Å². The Morgan fingerprint density at radius 1 is 1.73 bits per heavy atom. The van der Waals surface area contributed by atoms with Gasteiger partial charge in [0.15, 0.2) is 0 Å². The highest BCUT2D eigenvalue weighted by molar-refractivity contribution is 5.86. The van der Waals surface area contributed by atoms with E-state index in [2.05, 4.69) is 5.32 Å². The third-order valence-electron chi connectivity index (χ3n) is 2.09. The topological polar surface area (TPSA) is 71.7 Å². The van der Waals surface area contributed by atoms with E-state index in [0.29, 0.717) is 18.7 Å². The minimum absolute atomic E-state index is 0.00688. The molecule has 84 valence electrons. The highest BCUT2D eigenvalue weighted by Crippen LogP contribution is 2.09. The second kappa shape index (κ2) is 5.53. The summed E-state index contributed by atoms with van der Waals surface area (Å²) in [5, 5.41) is 11.8. The number of carboxylic acid groups (broad SMARTS) is 1. The first-order valence-electron chi connectivity index (χ1n) is 4.68. The van der Waals surface area contributed by atoms with E-state index < -0.39 is 5.97 Å². The average molecular weight is 213 g/mol. The zero-order chi connectivity index (χ0) is 11.3. The first-order chi connectivity index (χ1) is 7.15. The Morgan fingerprint density at radius 2 is 2.47 bits per heavy atom. The fourth-order valence-electron chi connectivity index (χ4n) is 1.16. The SMILES string of the molecule is COC(C)CNCc1ccoc1C(=O)O. The fraction of sp³-hybridized carbons (Fsp3) is 0.500. The van der Waals surface area contributed by atoms with E-state index in [1.807, 2.05) is 6.92 Å². The van der Waals surface area contributed by atoms with E-state index in [0.717, 1.165) is 0 Å². The smallest absolute Gasteiger partial charge is 0.372 e. The normalized spacial score (nSPS) is 12.7. The van der Waals surface area contributed by atoms with E-state index in [1.165, 1.54) is 6.26 Å². The standard InChI is InChI=1S/C10H15NO4/c1-7(14-2)5-11-6-8-3-4-15-9(8)10(12)13/h3-4,7,11H,5-6H2,1-2H3,(H,12,13). The van der Waals surface area contributed by atoms with E-state index >= 15 is 0 Å². The van der Waals surface area contributed by atoms with Crippen molar-refractivity contribution in [1.29, 1.82) is 0 Å². The van der Waals surface area contributed by atoms with Gasteiger partial charge in [0, 0.05) is 25.8 Å². The highest BCUT2D eigenvalue weighted by atomic mass is 16.5.